The summed E-state index contributed by atoms with van der Waals surface area (Å²) in [4.78, 5) is 20.7. The Balaban J connectivity index is 2.01. The van der Waals surface area contributed by atoms with Crippen molar-refractivity contribution in [1.82, 2.24) is 14.5 Å². The standard InChI is InChI=1S/C20H21F2N3O2/c1-3-4-15(21)11-25-6-5-13-7-17(18(22)8-16(13)20(25)27)19-23-9-14(10-24-19)12(2)26/h5-10,12,15,26H,3-4,11H2,1-2H3. The van der Waals surface area contributed by atoms with Gasteiger partial charge in [-0.3, -0.25) is 4.79 Å². The van der Waals surface area contributed by atoms with Crippen LogP contribution in [-0.2, 0) is 6.54 Å². The van der Waals surface area contributed by atoms with E-state index in [9.17, 15) is 18.7 Å². The van der Waals surface area contributed by atoms with Crippen molar-refractivity contribution in [3.05, 3.63) is 58.5 Å². The lowest BCUT2D eigenvalue weighted by molar-refractivity contribution is 0.198. The molecule has 0 amide bonds. The molecule has 3 rings (SSSR count). The molecule has 0 aliphatic heterocycles. The van der Waals surface area contributed by atoms with Gasteiger partial charge in [-0.05, 0) is 36.9 Å². The third-order valence-corrected chi connectivity index (χ3v) is 4.46. The Morgan fingerprint density at radius 2 is 1.96 bits per heavy atom. The van der Waals surface area contributed by atoms with E-state index in [4.69, 9.17) is 0 Å². The van der Waals surface area contributed by atoms with Gasteiger partial charge in [0.25, 0.3) is 5.56 Å². The zero-order valence-corrected chi connectivity index (χ0v) is 15.2. The SMILES string of the molecule is CCCC(F)Cn1ccc2cc(-c3ncc(C(C)O)cn3)c(F)cc2c1=O. The number of aromatic nitrogens is 3. The van der Waals surface area contributed by atoms with Crippen LogP contribution in [0.3, 0.4) is 0 Å². The summed E-state index contributed by atoms with van der Waals surface area (Å²) in [5.41, 5.74) is 0.254. The molecule has 2 atom stereocenters. The zero-order valence-electron chi connectivity index (χ0n) is 15.2. The highest BCUT2D eigenvalue weighted by molar-refractivity contribution is 5.85. The van der Waals surface area contributed by atoms with E-state index in [2.05, 4.69) is 9.97 Å². The first-order valence-corrected chi connectivity index (χ1v) is 8.87. The molecule has 2 unspecified atom stereocenters. The number of aliphatic hydroxyl groups is 1. The molecule has 0 spiro atoms. The van der Waals surface area contributed by atoms with Gasteiger partial charge in [-0.25, -0.2) is 18.7 Å². The molecular formula is C20H21F2N3O2. The van der Waals surface area contributed by atoms with E-state index in [0.717, 1.165) is 6.07 Å². The molecule has 0 saturated heterocycles. The van der Waals surface area contributed by atoms with Gasteiger partial charge in [0.2, 0.25) is 0 Å². The van der Waals surface area contributed by atoms with Gasteiger partial charge in [0.1, 0.15) is 12.0 Å². The number of aliphatic hydroxyl groups excluding tert-OH is 1. The molecule has 2 aromatic heterocycles. The van der Waals surface area contributed by atoms with Crippen molar-refractivity contribution in [1.29, 1.82) is 0 Å². The first-order valence-electron chi connectivity index (χ1n) is 8.87. The van der Waals surface area contributed by atoms with Gasteiger partial charge in [-0.15, -0.1) is 0 Å². The summed E-state index contributed by atoms with van der Waals surface area (Å²) in [5.74, 6) is -0.470. The average molecular weight is 373 g/mol. The maximum absolute atomic E-state index is 14.6. The lowest BCUT2D eigenvalue weighted by Gasteiger charge is -2.11. The molecule has 0 saturated carbocycles. The summed E-state index contributed by atoms with van der Waals surface area (Å²) in [5, 5.41) is 10.2. The van der Waals surface area contributed by atoms with E-state index in [1.54, 1.807) is 13.0 Å². The van der Waals surface area contributed by atoms with E-state index in [-0.39, 0.29) is 23.3 Å². The number of halogens is 2. The molecule has 0 aliphatic rings. The van der Waals surface area contributed by atoms with Gasteiger partial charge in [0, 0.05) is 24.2 Å². The smallest absolute Gasteiger partial charge is 0.258 e. The lowest BCUT2D eigenvalue weighted by Crippen LogP contribution is -2.24. The van der Waals surface area contributed by atoms with Crippen molar-refractivity contribution in [2.45, 2.75) is 45.5 Å². The summed E-state index contributed by atoms with van der Waals surface area (Å²) in [6.45, 7) is 3.42. The van der Waals surface area contributed by atoms with Crippen LogP contribution in [0.4, 0.5) is 8.78 Å². The third kappa shape index (κ3) is 4.03. The second-order valence-electron chi connectivity index (χ2n) is 6.59. The van der Waals surface area contributed by atoms with Crippen LogP contribution >= 0.6 is 0 Å². The van der Waals surface area contributed by atoms with Gasteiger partial charge in [-0.2, -0.15) is 0 Å². The van der Waals surface area contributed by atoms with Crippen LogP contribution in [0.25, 0.3) is 22.2 Å². The van der Waals surface area contributed by atoms with Crippen LogP contribution in [0.5, 0.6) is 0 Å². The molecule has 142 valence electrons. The van der Waals surface area contributed by atoms with Crippen LogP contribution in [0.2, 0.25) is 0 Å². The van der Waals surface area contributed by atoms with E-state index < -0.39 is 23.7 Å². The number of pyridine rings is 1. The predicted molar refractivity (Wildman–Crippen MR) is 99.6 cm³/mol. The predicted octanol–water partition coefficient (Wildman–Crippen LogP) is 3.79. The van der Waals surface area contributed by atoms with Gasteiger partial charge >= 0.3 is 0 Å². The lowest BCUT2D eigenvalue weighted by atomic mass is 10.1. The first-order chi connectivity index (χ1) is 12.9. The Hall–Kier alpha value is -2.67. The molecule has 2 heterocycles. The number of rotatable bonds is 6. The van der Waals surface area contributed by atoms with Crippen molar-refractivity contribution in [3.8, 4) is 11.4 Å². The largest absolute Gasteiger partial charge is 0.389 e. The number of fused-ring (bicyclic) bond motifs is 1. The number of alkyl halides is 1. The molecule has 7 heteroatoms. The molecule has 1 aromatic carbocycles. The summed E-state index contributed by atoms with van der Waals surface area (Å²) in [7, 11) is 0. The van der Waals surface area contributed by atoms with Gasteiger partial charge in [0.05, 0.1) is 23.6 Å². The monoisotopic (exact) mass is 373 g/mol. The molecule has 0 radical (unpaired) electrons. The summed E-state index contributed by atoms with van der Waals surface area (Å²) >= 11 is 0. The third-order valence-electron chi connectivity index (χ3n) is 4.46. The van der Waals surface area contributed by atoms with Gasteiger partial charge < -0.3 is 9.67 Å². The fourth-order valence-corrected chi connectivity index (χ4v) is 2.93. The van der Waals surface area contributed by atoms with Crippen molar-refractivity contribution in [3.63, 3.8) is 0 Å². The van der Waals surface area contributed by atoms with Crippen molar-refractivity contribution in [2.24, 2.45) is 0 Å². The molecular weight excluding hydrogens is 352 g/mol. The highest BCUT2D eigenvalue weighted by Crippen LogP contribution is 2.24. The minimum absolute atomic E-state index is 0.0457. The van der Waals surface area contributed by atoms with Crippen molar-refractivity contribution in [2.75, 3.05) is 0 Å². The molecule has 3 aromatic rings. The fourth-order valence-electron chi connectivity index (χ4n) is 2.93. The minimum atomic E-state index is -1.12. The maximum atomic E-state index is 14.6. The highest BCUT2D eigenvalue weighted by atomic mass is 19.1. The zero-order chi connectivity index (χ0) is 19.6. The number of benzene rings is 1. The topological polar surface area (TPSA) is 68.0 Å². The first kappa shape index (κ1) is 19.1. The molecule has 1 N–H and O–H groups in total. The van der Waals surface area contributed by atoms with Crippen LogP contribution in [0.15, 0.2) is 41.6 Å². The molecule has 5 nitrogen and oxygen atoms in total. The van der Waals surface area contributed by atoms with Crippen molar-refractivity contribution < 1.29 is 13.9 Å². The van der Waals surface area contributed by atoms with E-state index >= 15 is 0 Å². The molecule has 0 aliphatic carbocycles. The van der Waals surface area contributed by atoms with E-state index in [0.29, 0.717) is 23.8 Å². The van der Waals surface area contributed by atoms with Crippen LogP contribution in [0.1, 0.15) is 38.4 Å². The average Bonchev–Trinajstić information content (AvgIpc) is 2.64. The number of hydrogen-bond donors (Lipinski definition) is 1. The Bertz CT molecular complexity index is 1000. The quantitative estimate of drug-likeness (QED) is 0.714. The maximum Gasteiger partial charge on any atom is 0.258 e. The van der Waals surface area contributed by atoms with E-state index in [1.165, 1.54) is 29.2 Å². The van der Waals surface area contributed by atoms with Crippen LogP contribution in [0, 0.1) is 5.82 Å². The molecule has 0 bridgehead atoms. The van der Waals surface area contributed by atoms with Crippen LogP contribution in [-0.4, -0.2) is 25.8 Å². The highest BCUT2D eigenvalue weighted by Gasteiger charge is 2.14. The van der Waals surface area contributed by atoms with E-state index in [1.807, 2.05) is 6.92 Å². The summed E-state index contributed by atoms with van der Waals surface area (Å²) in [6.07, 6.45) is 3.62. The van der Waals surface area contributed by atoms with Crippen LogP contribution < -0.4 is 5.56 Å². The van der Waals surface area contributed by atoms with Crippen molar-refractivity contribution >= 4 is 10.8 Å². The Morgan fingerprint density at radius 1 is 1.26 bits per heavy atom. The molecule has 27 heavy (non-hydrogen) atoms. The number of nitrogens with zero attached hydrogens (tertiary/aromatic N) is 3. The van der Waals surface area contributed by atoms with Gasteiger partial charge in [0.15, 0.2) is 5.82 Å². The summed E-state index contributed by atoms with van der Waals surface area (Å²) in [6, 6.07) is 4.30. The fraction of sp³-hybridized carbons (Fsp3) is 0.350. The Morgan fingerprint density at radius 3 is 2.59 bits per heavy atom. The normalized spacial score (nSPS) is 13.7. The molecule has 0 fully saturated rings. The Kier molecular flexibility index (Phi) is 5.60. The second kappa shape index (κ2) is 7.92. The minimum Gasteiger partial charge on any atom is -0.389 e. The number of hydrogen-bond acceptors (Lipinski definition) is 4. The second-order valence-corrected chi connectivity index (χ2v) is 6.59. The Labute approximate surface area is 155 Å². The summed E-state index contributed by atoms with van der Waals surface area (Å²) < 4.78 is 29.7. The van der Waals surface area contributed by atoms with Gasteiger partial charge in [-0.1, -0.05) is 13.3 Å².